The van der Waals surface area contributed by atoms with Gasteiger partial charge in [0, 0.05) is 21.2 Å². The number of halogens is 1. The standard InChI is InChI=1S/C17H19IN2O/c1-20(2)12-15-7-4-3-6-14(15)11-19-17(21)13-8-5-9-16(18)10-13/h3-10H,11-12H2,1-2H3,(H,19,21)/p+1. The van der Waals surface area contributed by atoms with Crippen LogP contribution in [0.4, 0.5) is 0 Å². The van der Waals surface area contributed by atoms with Gasteiger partial charge in [-0.1, -0.05) is 30.3 Å². The van der Waals surface area contributed by atoms with Crippen molar-refractivity contribution in [2.45, 2.75) is 13.1 Å². The van der Waals surface area contributed by atoms with Crippen LogP contribution in [-0.2, 0) is 13.1 Å². The van der Waals surface area contributed by atoms with Crippen molar-refractivity contribution in [2.75, 3.05) is 14.1 Å². The van der Waals surface area contributed by atoms with Crippen LogP contribution in [0.5, 0.6) is 0 Å². The van der Waals surface area contributed by atoms with Crippen molar-refractivity contribution >= 4 is 28.5 Å². The number of quaternary nitrogens is 1. The second-order valence-corrected chi connectivity index (χ2v) is 6.59. The summed E-state index contributed by atoms with van der Waals surface area (Å²) in [5, 5.41) is 3.00. The van der Waals surface area contributed by atoms with Crippen LogP contribution in [0.2, 0.25) is 0 Å². The third kappa shape index (κ3) is 4.82. The first kappa shape index (κ1) is 16.0. The van der Waals surface area contributed by atoms with E-state index in [0.717, 1.165) is 10.1 Å². The van der Waals surface area contributed by atoms with Crippen molar-refractivity contribution < 1.29 is 9.69 Å². The van der Waals surface area contributed by atoms with E-state index in [4.69, 9.17) is 0 Å². The Morgan fingerprint density at radius 3 is 2.48 bits per heavy atom. The average Bonchev–Trinajstić information content (AvgIpc) is 2.45. The van der Waals surface area contributed by atoms with Gasteiger partial charge < -0.3 is 10.2 Å². The molecule has 0 spiro atoms. The van der Waals surface area contributed by atoms with Gasteiger partial charge >= 0.3 is 0 Å². The Morgan fingerprint density at radius 2 is 1.81 bits per heavy atom. The Morgan fingerprint density at radius 1 is 1.10 bits per heavy atom. The molecule has 0 aromatic heterocycles. The maximum absolute atomic E-state index is 12.2. The summed E-state index contributed by atoms with van der Waals surface area (Å²) < 4.78 is 1.07. The van der Waals surface area contributed by atoms with Gasteiger partial charge in [0.1, 0.15) is 6.54 Å². The van der Waals surface area contributed by atoms with E-state index in [-0.39, 0.29) is 5.91 Å². The molecule has 0 bridgehead atoms. The topological polar surface area (TPSA) is 33.5 Å². The number of benzene rings is 2. The van der Waals surface area contributed by atoms with Crippen LogP contribution in [0.1, 0.15) is 21.5 Å². The fourth-order valence-electron chi connectivity index (χ4n) is 2.19. The normalized spacial score (nSPS) is 10.7. The molecule has 3 nitrogen and oxygen atoms in total. The van der Waals surface area contributed by atoms with E-state index in [0.29, 0.717) is 12.1 Å². The van der Waals surface area contributed by atoms with E-state index >= 15 is 0 Å². The van der Waals surface area contributed by atoms with Crippen LogP contribution in [-0.4, -0.2) is 20.0 Å². The highest BCUT2D eigenvalue weighted by Gasteiger charge is 2.08. The third-order valence-corrected chi connectivity index (χ3v) is 3.86. The lowest BCUT2D eigenvalue weighted by Crippen LogP contribution is -3.04. The molecule has 4 heteroatoms. The second-order valence-electron chi connectivity index (χ2n) is 5.35. The van der Waals surface area contributed by atoms with E-state index < -0.39 is 0 Å². The summed E-state index contributed by atoms with van der Waals surface area (Å²) in [6.45, 7) is 1.52. The largest absolute Gasteiger partial charge is 0.348 e. The van der Waals surface area contributed by atoms with Crippen molar-refractivity contribution in [1.82, 2.24) is 5.32 Å². The zero-order chi connectivity index (χ0) is 15.2. The molecule has 1 amide bonds. The molecule has 0 unspecified atom stereocenters. The number of nitrogens with one attached hydrogen (secondary N) is 2. The molecule has 2 N–H and O–H groups in total. The maximum atomic E-state index is 12.2. The Hall–Kier alpha value is -1.40. The predicted molar refractivity (Wildman–Crippen MR) is 93.3 cm³/mol. The van der Waals surface area contributed by atoms with Crippen LogP contribution >= 0.6 is 22.6 Å². The maximum Gasteiger partial charge on any atom is 0.251 e. The van der Waals surface area contributed by atoms with Gasteiger partial charge in [0.15, 0.2) is 0 Å². The summed E-state index contributed by atoms with van der Waals surface area (Å²) in [4.78, 5) is 13.6. The fourth-order valence-corrected chi connectivity index (χ4v) is 2.73. The summed E-state index contributed by atoms with van der Waals surface area (Å²) in [6.07, 6.45) is 0. The lowest BCUT2D eigenvalue weighted by molar-refractivity contribution is -0.872. The minimum absolute atomic E-state index is 0.0273. The molecule has 0 aliphatic carbocycles. The molecule has 0 aliphatic heterocycles. The number of rotatable bonds is 5. The number of hydrogen-bond donors (Lipinski definition) is 2. The van der Waals surface area contributed by atoms with Gasteiger partial charge in [0.05, 0.1) is 14.1 Å². The molecule has 0 radical (unpaired) electrons. The second kappa shape index (κ2) is 7.56. The SMILES string of the molecule is C[NH+](C)Cc1ccccc1CNC(=O)c1cccc(I)c1. The highest BCUT2D eigenvalue weighted by Crippen LogP contribution is 2.10. The first-order valence-electron chi connectivity index (χ1n) is 6.96. The van der Waals surface area contributed by atoms with Crippen LogP contribution in [0.3, 0.4) is 0 Å². The molecule has 0 atom stereocenters. The monoisotopic (exact) mass is 395 g/mol. The predicted octanol–water partition coefficient (Wildman–Crippen LogP) is 1.87. The van der Waals surface area contributed by atoms with E-state index in [1.807, 2.05) is 36.4 Å². The molecule has 0 heterocycles. The molecule has 2 aromatic rings. The van der Waals surface area contributed by atoms with Gasteiger partial charge in [-0.3, -0.25) is 4.79 Å². The molecule has 0 saturated heterocycles. The molecule has 0 aliphatic rings. The lowest BCUT2D eigenvalue weighted by Gasteiger charge is -2.13. The molecule has 0 saturated carbocycles. The molecule has 2 rings (SSSR count). The van der Waals surface area contributed by atoms with Gasteiger partial charge in [0.25, 0.3) is 5.91 Å². The number of hydrogen-bond acceptors (Lipinski definition) is 1. The van der Waals surface area contributed by atoms with Crippen LogP contribution < -0.4 is 10.2 Å². The smallest absolute Gasteiger partial charge is 0.251 e. The minimum Gasteiger partial charge on any atom is -0.348 e. The van der Waals surface area contributed by atoms with Crippen LogP contribution in [0.15, 0.2) is 48.5 Å². The minimum atomic E-state index is -0.0273. The quantitative estimate of drug-likeness (QED) is 0.745. The van der Waals surface area contributed by atoms with E-state index in [1.54, 1.807) is 0 Å². The summed E-state index contributed by atoms with van der Waals surface area (Å²) >= 11 is 2.21. The molecule has 0 fully saturated rings. The molecule has 21 heavy (non-hydrogen) atoms. The van der Waals surface area contributed by atoms with Gasteiger partial charge in [-0.15, -0.1) is 0 Å². The van der Waals surface area contributed by atoms with Crippen molar-refractivity contribution in [3.63, 3.8) is 0 Å². The van der Waals surface area contributed by atoms with Gasteiger partial charge in [-0.05, 0) is 46.4 Å². The highest BCUT2D eigenvalue weighted by molar-refractivity contribution is 14.1. The molecular weight excluding hydrogens is 375 g/mol. The van der Waals surface area contributed by atoms with Crippen molar-refractivity contribution in [3.8, 4) is 0 Å². The fraction of sp³-hybridized carbons (Fsp3) is 0.235. The van der Waals surface area contributed by atoms with E-state index in [2.05, 4.69) is 54.1 Å². The van der Waals surface area contributed by atoms with Crippen molar-refractivity contribution in [1.29, 1.82) is 0 Å². The first-order chi connectivity index (χ1) is 10.1. The van der Waals surface area contributed by atoms with E-state index in [1.165, 1.54) is 16.0 Å². The Bertz CT molecular complexity index is 626. The van der Waals surface area contributed by atoms with Crippen molar-refractivity contribution in [2.24, 2.45) is 0 Å². The lowest BCUT2D eigenvalue weighted by atomic mass is 10.1. The van der Waals surface area contributed by atoms with Gasteiger partial charge in [-0.2, -0.15) is 0 Å². The van der Waals surface area contributed by atoms with Gasteiger partial charge in [0.2, 0.25) is 0 Å². The zero-order valence-corrected chi connectivity index (χ0v) is 14.5. The number of amides is 1. The molecular formula is C17H20IN2O+. The Balaban J connectivity index is 2.04. The first-order valence-corrected chi connectivity index (χ1v) is 8.03. The zero-order valence-electron chi connectivity index (χ0n) is 12.3. The summed E-state index contributed by atoms with van der Waals surface area (Å²) in [7, 11) is 4.25. The third-order valence-electron chi connectivity index (χ3n) is 3.19. The van der Waals surface area contributed by atoms with Crippen LogP contribution in [0, 0.1) is 3.57 Å². The Kier molecular flexibility index (Phi) is 5.76. The van der Waals surface area contributed by atoms with Crippen LogP contribution in [0.25, 0.3) is 0 Å². The molecule has 110 valence electrons. The summed E-state index contributed by atoms with van der Waals surface area (Å²) in [5.74, 6) is -0.0273. The van der Waals surface area contributed by atoms with Gasteiger partial charge in [-0.25, -0.2) is 0 Å². The number of carbonyl (C=O) groups excluding carboxylic acids is 1. The number of carbonyl (C=O) groups is 1. The highest BCUT2D eigenvalue weighted by atomic mass is 127. The average molecular weight is 395 g/mol. The molecule has 2 aromatic carbocycles. The summed E-state index contributed by atoms with van der Waals surface area (Å²) in [6, 6.07) is 15.9. The Labute approximate surface area is 139 Å². The summed E-state index contributed by atoms with van der Waals surface area (Å²) in [5.41, 5.74) is 3.16. The van der Waals surface area contributed by atoms with Crippen molar-refractivity contribution in [3.05, 3.63) is 68.8 Å². The van der Waals surface area contributed by atoms with E-state index in [9.17, 15) is 4.79 Å².